The van der Waals surface area contributed by atoms with Gasteiger partial charge in [0.15, 0.2) is 0 Å². The summed E-state index contributed by atoms with van der Waals surface area (Å²) in [4.78, 5) is 2.49. The maximum Gasteiger partial charge on any atom is 0.147 e. The predicted molar refractivity (Wildman–Crippen MR) is 150 cm³/mol. The zero-order valence-corrected chi connectivity index (χ0v) is 25.7. The van der Waals surface area contributed by atoms with Gasteiger partial charge in [-0.3, -0.25) is 4.90 Å². The molecule has 0 unspecified atom stereocenters. The lowest BCUT2D eigenvalue weighted by Gasteiger charge is -2.53. The van der Waals surface area contributed by atoms with Crippen LogP contribution in [0.3, 0.4) is 0 Å². The van der Waals surface area contributed by atoms with Crippen LogP contribution in [0, 0.1) is 16.7 Å². The summed E-state index contributed by atoms with van der Waals surface area (Å²) in [7, 11) is 2.23. The van der Waals surface area contributed by atoms with Crippen LogP contribution in [0.25, 0.3) is 0 Å². The molecule has 214 valence electrons. The first-order chi connectivity index (χ1) is 16.7. The number of hydrogen-bond donors (Lipinski definition) is 0. The third kappa shape index (κ3) is 9.84. The van der Waals surface area contributed by atoms with E-state index < -0.39 is 0 Å². The largest absolute Gasteiger partial charge is 0.355 e. The smallest absolute Gasteiger partial charge is 0.147 e. The van der Waals surface area contributed by atoms with E-state index in [1.54, 1.807) is 0 Å². The van der Waals surface area contributed by atoms with Crippen LogP contribution in [-0.2, 0) is 18.9 Å². The van der Waals surface area contributed by atoms with Crippen molar-refractivity contribution in [3.05, 3.63) is 0 Å². The van der Waals surface area contributed by atoms with Gasteiger partial charge in [-0.1, -0.05) is 60.3 Å². The standard InChI is InChI=1S/C31H61NO4/c1-25-28(2,3)19-26(20-29(25,4)5)35-23-33-17-15-13-11-12-14-16-18-34-24-36-27-21-30(6,7)32(10)31(8,9)22-27/h25-27H,11-24H2,1-10H3. The number of nitrogens with zero attached hydrogens (tertiary/aromatic N) is 1. The molecule has 5 nitrogen and oxygen atoms in total. The van der Waals surface area contributed by atoms with Crippen LogP contribution >= 0.6 is 0 Å². The Bertz CT molecular complexity index is 540. The molecule has 1 saturated carbocycles. The van der Waals surface area contributed by atoms with Gasteiger partial charge < -0.3 is 18.9 Å². The lowest BCUT2D eigenvalue weighted by molar-refractivity contribution is -0.144. The SMILES string of the molecule is CC1C(C)(C)CC(OCOCCCCCCCCOCOC2CC(C)(C)N(C)C(C)(C)C2)CC1(C)C. The van der Waals surface area contributed by atoms with Crippen molar-refractivity contribution in [3.8, 4) is 0 Å². The number of ether oxygens (including phenoxy) is 4. The summed E-state index contributed by atoms with van der Waals surface area (Å²) >= 11 is 0. The Hall–Kier alpha value is -0.200. The summed E-state index contributed by atoms with van der Waals surface area (Å²) in [6, 6.07) is 0. The van der Waals surface area contributed by atoms with Gasteiger partial charge in [-0.2, -0.15) is 0 Å². The third-order valence-corrected chi connectivity index (χ3v) is 9.72. The average molecular weight is 512 g/mol. The van der Waals surface area contributed by atoms with Gasteiger partial charge in [-0.25, -0.2) is 0 Å². The van der Waals surface area contributed by atoms with E-state index in [-0.39, 0.29) is 17.2 Å². The van der Waals surface area contributed by atoms with Crippen molar-refractivity contribution in [3.63, 3.8) is 0 Å². The molecule has 5 heteroatoms. The van der Waals surface area contributed by atoms with Crippen molar-refractivity contribution in [2.45, 2.75) is 150 Å². The molecular formula is C31H61NO4. The van der Waals surface area contributed by atoms with E-state index in [9.17, 15) is 0 Å². The van der Waals surface area contributed by atoms with Gasteiger partial charge in [0.25, 0.3) is 0 Å². The highest BCUT2D eigenvalue weighted by Gasteiger charge is 2.45. The molecule has 1 saturated heterocycles. The van der Waals surface area contributed by atoms with E-state index in [0.717, 1.165) is 51.7 Å². The van der Waals surface area contributed by atoms with Crippen LogP contribution in [0.15, 0.2) is 0 Å². The molecule has 1 heterocycles. The Morgan fingerprint density at radius 3 is 1.36 bits per heavy atom. The Morgan fingerprint density at radius 1 is 0.583 bits per heavy atom. The minimum Gasteiger partial charge on any atom is -0.355 e. The molecule has 1 aliphatic carbocycles. The first kappa shape index (κ1) is 32.0. The van der Waals surface area contributed by atoms with E-state index in [4.69, 9.17) is 18.9 Å². The van der Waals surface area contributed by atoms with Crippen LogP contribution in [0.5, 0.6) is 0 Å². The van der Waals surface area contributed by atoms with Gasteiger partial charge in [0, 0.05) is 24.3 Å². The lowest BCUT2D eigenvalue weighted by atomic mass is 9.57. The fourth-order valence-electron chi connectivity index (χ4n) is 6.69. The maximum absolute atomic E-state index is 6.11. The van der Waals surface area contributed by atoms with Gasteiger partial charge in [0.1, 0.15) is 13.6 Å². The molecule has 2 fully saturated rings. The van der Waals surface area contributed by atoms with E-state index >= 15 is 0 Å². The van der Waals surface area contributed by atoms with Crippen LogP contribution in [-0.4, -0.2) is 62.0 Å². The highest BCUT2D eigenvalue weighted by molar-refractivity contribution is 4.99. The Labute approximate surface area is 224 Å². The van der Waals surface area contributed by atoms with Gasteiger partial charge in [0.2, 0.25) is 0 Å². The molecule has 0 aromatic heterocycles. The third-order valence-electron chi connectivity index (χ3n) is 9.72. The molecule has 1 aliphatic heterocycles. The van der Waals surface area contributed by atoms with Crippen molar-refractivity contribution in [1.29, 1.82) is 0 Å². The minimum absolute atomic E-state index is 0.160. The Balaban J connectivity index is 1.40. The molecule has 0 atom stereocenters. The molecule has 0 aromatic carbocycles. The monoisotopic (exact) mass is 511 g/mol. The van der Waals surface area contributed by atoms with E-state index in [1.807, 2.05) is 0 Å². The molecule has 0 N–H and O–H groups in total. The highest BCUT2D eigenvalue weighted by Crippen LogP contribution is 2.51. The normalized spacial score (nSPS) is 27.8. The molecule has 0 bridgehead atoms. The van der Waals surface area contributed by atoms with Gasteiger partial charge >= 0.3 is 0 Å². The molecule has 0 spiro atoms. The molecule has 0 amide bonds. The van der Waals surface area contributed by atoms with Crippen molar-refractivity contribution in [2.24, 2.45) is 16.7 Å². The van der Waals surface area contributed by atoms with Crippen LogP contribution in [0.2, 0.25) is 0 Å². The van der Waals surface area contributed by atoms with Crippen LogP contribution in [0.4, 0.5) is 0 Å². The van der Waals surface area contributed by atoms with Crippen molar-refractivity contribution in [2.75, 3.05) is 33.8 Å². The highest BCUT2D eigenvalue weighted by atomic mass is 16.7. The zero-order valence-electron chi connectivity index (χ0n) is 25.7. The number of piperidine rings is 1. The van der Waals surface area contributed by atoms with E-state index in [1.165, 1.54) is 25.7 Å². The van der Waals surface area contributed by atoms with Gasteiger partial charge in [-0.05, 0) is 90.0 Å². The molecular weight excluding hydrogens is 450 g/mol. The zero-order chi connectivity index (χ0) is 27.0. The second kappa shape index (κ2) is 13.7. The van der Waals surface area contributed by atoms with E-state index in [0.29, 0.717) is 36.4 Å². The van der Waals surface area contributed by atoms with Crippen LogP contribution in [0.1, 0.15) is 127 Å². The second-order valence-corrected chi connectivity index (χ2v) is 14.5. The summed E-state index contributed by atoms with van der Waals surface area (Å²) < 4.78 is 23.8. The van der Waals surface area contributed by atoms with Crippen LogP contribution < -0.4 is 0 Å². The summed E-state index contributed by atoms with van der Waals surface area (Å²) in [5.41, 5.74) is 0.970. The average Bonchev–Trinajstić information content (AvgIpc) is 2.75. The van der Waals surface area contributed by atoms with Gasteiger partial charge in [0.05, 0.1) is 12.2 Å². The number of unbranched alkanes of at least 4 members (excludes halogenated alkanes) is 5. The Morgan fingerprint density at radius 2 is 0.944 bits per heavy atom. The Kier molecular flexibility index (Phi) is 12.2. The summed E-state index contributed by atoms with van der Waals surface area (Å²) in [6.45, 7) is 23.6. The molecule has 2 aliphatic rings. The molecule has 0 radical (unpaired) electrons. The first-order valence-electron chi connectivity index (χ1n) is 14.8. The number of likely N-dealkylation sites (tertiary alicyclic amines) is 1. The van der Waals surface area contributed by atoms with Crippen molar-refractivity contribution < 1.29 is 18.9 Å². The molecule has 0 aromatic rings. The quantitative estimate of drug-likeness (QED) is 0.166. The predicted octanol–water partition coefficient (Wildman–Crippen LogP) is 7.81. The second-order valence-electron chi connectivity index (χ2n) is 14.5. The van der Waals surface area contributed by atoms with Gasteiger partial charge in [-0.15, -0.1) is 0 Å². The fraction of sp³-hybridized carbons (Fsp3) is 1.00. The lowest BCUT2D eigenvalue weighted by Crippen LogP contribution is -2.60. The first-order valence-corrected chi connectivity index (χ1v) is 14.8. The molecule has 2 rings (SSSR count). The fourth-order valence-corrected chi connectivity index (χ4v) is 6.69. The maximum atomic E-state index is 6.11. The minimum atomic E-state index is 0.160. The summed E-state index contributed by atoms with van der Waals surface area (Å²) in [5.74, 6) is 0.704. The van der Waals surface area contributed by atoms with E-state index in [2.05, 4.69) is 74.3 Å². The topological polar surface area (TPSA) is 40.2 Å². The summed E-state index contributed by atoms with van der Waals surface area (Å²) in [6.07, 6.45) is 12.2. The number of hydrogen-bond acceptors (Lipinski definition) is 5. The molecule has 36 heavy (non-hydrogen) atoms. The number of rotatable bonds is 15. The van der Waals surface area contributed by atoms with Crippen molar-refractivity contribution in [1.82, 2.24) is 4.90 Å². The summed E-state index contributed by atoms with van der Waals surface area (Å²) in [5, 5.41) is 0. The van der Waals surface area contributed by atoms with Crippen molar-refractivity contribution >= 4 is 0 Å².